The number of carbonyl (C=O) groups is 2. The fraction of sp³-hybridized carbons (Fsp3) is 0.385. The van der Waals surface area contributed by atoms with E-state index >= 15 is 0 Å². The van der Waals surface area contributed by atoms with Crippen LogP contribution in [0.25, 0.3) is 0 Å². The van der Waals surface area contributed by atoms with Crippen molar-refractivity contribution in [3.63, 3.8) is 0 Å². The van der Waals surface area contributed by atoms with Gasteiger partial charge < -0.3 is 14.2 Å². The lowest BCUT2D eigenvalue weighted by Gasteiger charge is -2.25. The second kappa shape index (κ2) is 6.05. The van der Waals surface area contributed by atoms with Crippen molar-refractivity contribution in [2.24, 2.45) is 5.41 Å². The molecule has 0 spiro atoms. The third-order valence-electron chi connectivity index (χ3n) is 2.71. The van der Waals surface area contributed by atoms with Crippen LogP contribution >= 0.6 is 0 Å². The summed E-state index contributed by atoms with van der Waals surface area (Å²) in [4.78, 5) is 22.9. The van der Waals surface area contributed by atoms with Crippen LogP contribution in [0.5, 0.6) is 0 Å². The van der Waals surface area contributed by atoms with Crippen molar-refractivity contribution >= 4 is 11.9 Å². The van der Waals surface area contributed by atoms with Crippen LogP contribution < -0.4 is 0 Å². The monoisotopic (exact) mass is 252 g/mol. The van der Waals surface area contributed by atoms with Crippen molar-refractivity contribution in [1.29, 1.82) is 0 Å². The fourth-order valence-corrected chi connectivity index (χ4v) is 1.61. The van der Waals surface area contributed by atoms with Crippen LogP contribution in [0.1, 0.15) is 6.42 Å². The maximum absolute atomic E-state index is 11.8. The molecule has 5 nitrogen and oxygen atoms in total. The minimum Gasteiger partial charge on any atom is -0.497 e. The first kappa shape index (κ1) is 14.0. The summed E-state index contributed by atoms with van der Waals surface area (Å²) in [6.07, 6.45) is 8.14. The molecule has 0 amide bonds. The van der Waals surface area contributed by atoms with Crippen molar-refractivity contribution in [2.45, 2.75) is 6.42 Å². The first-order valence-corrected chi connectivity index (χ1v) is 5.37. The molecular weight excluding hydrogens is 236 g/mol. The standard InChI is InChI=1S/C13H16O5/c1-16-10-4-7-13(8-5-10,12(15)18-3)9-6-11(14)17-2/h4-7,9H,8H2,1-3H3/b9-6+. The maximum atomic E-state index is 11.8. The summed E-state index contributed by atoms with van der Waals surface area (Å²) in [5.74, 6) is -0.292. The summed E-state index contributed by atoms with van der Waals surface area (Å²) < 4.78 is 14.3. The zero-order valence-electron chi connectivity index (χ0n) is 10.6. The third-order valence-corrected chi connectivity index (χ3v) is 2.71. The predicted molar refractivity (Wildman–Crippen MR) is 64.5 cm³/mol. The highest BCUT2D eigenvalue weighted by Crippen LogP contribution is 2.33. The van der Waals surface area contributed by atoms with Gasteiger partial charge >= 0.3 is 11.9 Å². The van der Waals surface area contributed by atoms with Crippen LogP contribution in [0.3, 0.4) is 0 Å². The Morgan fingerprint density at radius 1 is 1.28 bits per heavy atom. The Balaban J connectivity index is 2.97. The molecule has 0 saturated heterocycles. The summed E-state index contributed by atoms with van der Waals surface area (Å²) in [5.41, 5.74) is -0.981. The van der Waals surface area contributed by atoms with Gasteiger partial charge in [-0.1, -0.05) is 12.2 Å². The molecule has 1 aliphatic rings. The Hall–Kier alpha value is -2.04. The minimum atomic E-state index is -0.981. The average molecular weight is 252 g/mol. The highest BCUT2D eigenvalue weighted by Gasteiger charge is 2.35. The van der Waals surface area contributed by atoms with Gasteiger partial charge in [0, 0.05) is 6.08 Å². The molecule has 1 unspecified atom stereocenters. The van der Waals surface area contributed by atoms with Crippen LogP contribution in [0.2, 0.25) is 0 Å². The van der Waals surface area contributed by atoms with Crippen LogP contribution in [0.15, 0.2) is 36.1 Å². The molecular formula is C13H16O5. The van der Waals surface area contributed by atoms with Gasteiger partial charge in [-0.2, -0.15) is 0 Å². The van der Waals surface area contributed by atoms with Crippen LogP contribution in [0.4, 0.5) is 0 Å². The molecule has 98 valence electrons. The van der Waals surface area contributed by atoms with Crippen molar-refractivity contribution in [3.8, 4) is 0 Å². The Labute approximate surface area is 106 Å². The van der Waals surface area contributed by atoms with Crippen molar-refractivity contribution in [2.75, 3.05) is 21.3 Å². The summed E-state index contributed by atoms with van der Waals surface area (Å²) in [7, 11) is 4.13. The minimum absolute atomic E-state index is 0.368. The normalized spacial score (nSPS) is 22.5. The van der Waals surface area contributed by atoms with Gasteiger partial charge in [-0.15, -0.1) is 0 Å². The Morgan fingerprint density at radius 3 is 2.44 bits per heavy atom. The smallest absolute Gasteiger partial charge is 0.330 e. The van der Waals surface area contributed by atoms with E-state index in [4.69, 9.17) is 9.47 Å². The lowest BCUT2D eigenvalue weighted by Crippen LogP contribution is -2.29. The third kappa shape index (κ3) is 3.00. The number of allylic oxidation sites excluding steroid dienone is 2. The van der Waals surface area contributed by atoms with E-state index in [9.17, 15) is 9.59 Å². The lowest BCUT2D eigenvalue weighted by atomic mass is 9.81. The summed E-state index contributed by atoms with van der Waals surface area (Å²) >= 11 is 0. The molecule has 1 atom stereocenters. The zero-order chi connectivity index (χ0) is 13.6. The molecule has 0 fully saturated rings. The van der Waals surface area contributed by atoms with E-state index in [1.165, 1.54) is 26.4 Å². The van der Waals surface area contributed by atoms with Crippen molar-refractivity contribution < 1.29 is 23.8 Å². The number of methoxy groups -OCH3 is 3. The average Bonchev–Trinajstić information content (AvgIpc) is 2.44. The maximum Gasteiger partial charge on any atom is 0.330 e. The lowest BCUT2D eigenvalue weighted by molar-refractivity contribution is -0.147. The second-order valence-electron chi connectivity index (χ2n) is 3.74. The number of rotatable bonds is 4. The van der Waals surface area contributed by atoms with E-state index in [1.807, 2.05) is 0 Å². The predicted octanol–water partition coefficient (Wildman–Crippen LogP) is 1.37. The molecule has 0 bridgehead atoms. The summed E-state index contributed by atoms with van der Waals surface area (Å²) in [6, 6.07) is 0. The fourth-order valence-electron chi connectivity index (χ4n) is 1.61. The van der Waals surface area contributed by atoms with Crippen LogP contribution in [-0.2, 0) is 23.8 Å². The van der Waals surface area contributed by atoms with Gasteiger partial charge in [0.1, 0.15) is 11.2 Å². The van der Waals surface area contributed by atoms with Crippen molar-refractivity contribution in [1.82, 2.24) is 0 Å². The highest BCUT2D eigenvalue weighted by molar-refractivity contribution is 5.87. The van der Waals surface area contributed by atoms with Crippen LogP contribution in [0, 0.1) is 5.41 Å². The van der Waals surface area contributed by atoms with Crippen LogP contribution in [-0.4, -0.2) is 33.3 Å². The van der Waals surface area contributed by atoms with E-state index in [1.54, 1.807) is 25.3 Å². The van der Waals surface area contributed by atoms with Gasteiger partial charge in [0.15, 0.2) is 0 Å². The Morgan fingerprint density at radius 2 is 2.00 bits per heavy atom. The number of esters is 2. The number of hydrogen-bond donors (Lipinski definition) is 0. The molecule has 0 radical (unpaired) electrons. The second-order valence-corrected chi connectivity index (χ2v) is 3.74. The van der Waals surface area contributed by atoms with E-state index in [2.05, 4.69) is 4.74 Å². The van der Waals surface area contributed by atoms with Gasteiger partial charge in [0.25, 0.3) is 0 Å². The molecule has 0 aromatic carbocycles. The summed E-state index contributed by atoms with van der Waals surface area (Å²) in [5, 5.41) is 0. The Kier molecular flexibility index (Phi) is 4.71. The largest absolute Gasteiger partial charge is 0.497 e. The molecule has 0 aromatic heterocycles. The number of carbonyl (C=O) groups excluding carboxylic acids is 2. The first-order chi connectivity index (χ1) is 8.57. The SMILES string of the molecule is COC(=O)/C=C/C1(C(=O)OC)C=CC(OC)=CC1. The highest BCUT2D eigenvalue weighted by atomic mass is 16.5. The molecule has 18 heavy (non-hydrogen) atoms. The van der Waals surface area contributed by atoms with E-state index < -0.39 is 17.4 Å². The number of hydrogen-bond acceptors (Lipinski definition) is 5. The molecule has 0 saturated carbocycles. The molecule has 5 heteroatoms. The molecule has 1 aliphatic carbocycles. The quantitative estimate of drug-likeness (QED) is 0.558. The van der Waals surface area contributed by atoms with Gasteiger partial charge in [0.05, 0.1) is 21.3 Å². The van der Waals surface area contributed by atoms with Crippen molar-refractivity contribution in [3.05, 3.63) is 36.1 Å². The summed E-state index contributed by atoms with van der Waals surface area (Å²) in [6.45, 7) is 0. The van der Waals surface area contributed by atoms with Gasteiger partial charge in [-0.3, -0.25) is 4.79 Å². The molecule has 0 heterocycles. The van der Waals surface area contributed by atoms with E-state index in [0.29, 0.717) is 12.2 Å². The van der Waals surface area contributed by atoms with Gasteiger partial charge in [-0.25, -0.2) is 4.79 Å². The zero-order valence-corrected chi connectivity index (χ0v) is 10.6. The number of ether oxygens (including phenoxy) is 3. The van der Waals surface area contributed by atoms with E-state index in [0.717, 1.165) is 0 Å². The topological polar surface area (TPSA) is 61.8 Å². The molecule has 0 aliphatic heterocycles. The van der Waals surface area contributed by atoms with Gasteiger partial charge in [0.2, 0.25) is 0 Å². The Bertz CT molecular complexity index is 419. The molecule has 1 rings (SSSR count). The van der Waals surface area contributed by atoms with E-state index in [-0.39, 0.29) is 0 Å². The van der Waals surface area contributed by atoms with Gasteiger partial charge in [-0.05, 0) is 18.6 Å². The molecule has 0 aromatic rings. The molecule has 0 N–H and O–H groups in total. The first-order valence-electron chi connectivity index (χ1n) is 5.37.